The summed E-state index contributed by atoms with van der Waals surface area (Å²) in [5, 5.41) is 2.68. The van der Waals surface area contributed by atoms with Crippen molar-refractivity contribution in [3.8, 4) is 0 Å². The molecule has 3 heterocycles. The van der Waals surface area contributed by atoms with E-state index in [1.807, 2.05) is 36.1 Å². The Hall–Kier alpha value is -3.42. The summed E-state index contributed by atoms with van der Waals surface area (Å²) in [6, 6.07) is 9.03. The zero-order valence-electron chi connectivity index (χ0n) is 19.2. The summed E-state index contributed by atoms with van der Waals surface area (Å²) in [6.45, 7) is 3.61. The zero-order chi connectivity index (χ0) is 23.5. The largest absolute Gasteiger partial charge is 0.339 e. The van der Waals surface area contributed by atoms with Crippen molar-refractivity contribution in [2.75, 3.05) is 29.9 Å². The molecular formula is C25H30N4O4. The average molecular weight is 451 g/mol. The number of pyridine rings is 1. The van der Waals surface area contributed by atoms with E-state index in [0.29, 0.717) is 18.7 Å². The number of carbonyl (C=O) groups excluding carboxylic acids is 3. The molecule has 1 aromatic heterocycles. The van der Waals surface area contributed by atoms with E-state index in [2.05, 4.69) is 5.32 Å². The molecular weight excluding hydrogens is 420 g/mol. The molecule has 0 radical (unpaired) electrons. The van der Waals surface area contributed by atoms with Gasteiger partial charge in [0, 0.05) is 45.0 Å². The van der Waals surface area contributed by atoms with Gasteiger partial charge >= 0.3 is 0 Å². The zero-order valence-corrected chi connectivity index (χ0v) is 19.2. The van der Waals surface area contributed by atoms with Crippen molar-refractivity contribution in [2.24, 2.45) is 13.0 Å². The van der Waals surface area contributed by atoms with Crippen molar-refractivity contribution >= 4 is 29.1 Å². The van der Waals surface area contributed by atoms with E-state index >= 15 is 0 Å². The third kappa shape index (κ3) is 4.99. The van der Waals surface area contributed by atoms with Crippen LogP contribution in [0.3, 0.4) is 0 Å². The molecule has 3 amide bonds. The molecule has 0 aliphatic carbocycles. The molecule has 4 rings (SSSR count). The van der Waals surface area contributed by atoms with Crippen LogP contribution in [0.4, 0.5) is 11.4 Å². The van der Waals surface area contributed by atoms with E-state index in [0.717, 1.165) is 36.9 Å². The fourth-order valence-electron chi connectivity index (χ4n) is 4.47. The molecule has 1 aromatic carbocycles. The third-order valence-corrected chi connectivity index (χ3v) is 6.42. The summed E-state index contributed by atoms with van der Waals surface area (Å²) >= 11 is 0. The molecule has 8 nitrogen and oxygen atoms in total. The minimum atomic E-state index is -0.575. The second-order valence-corrected chi connectivity index (χ2v) is 9.00. The molecule has 1 unspecified atom stereocenters. The molecule has 1 atom stereocenters. The van der Waals surface area contributed by atoms with Gasteiger partial charge in [0.05, 0.1) is 11.5 Å². The maximum absolute atomic E-state index is 13.0. The Morgan fingerprint density at radius 1 is 1.00 bits per heavy atom. The van der Waals surface area contributed by atoms with Crippen LogP contribution in [0.2, 0.25) is 0 Å². The molecule has 0 bridgehead atoms. The van der Waals surface area contributed by atoms with E-state index in [4.69, 9.17) is 0 Å². The number of nitrogens with zero attached hydrogens (tertiary/aromatic N) is 3. The van der Waals surface area contributed by atoms with Gasteiger partial charge in [-0.15, -0.1) is 0 Å². The number of nitrogens with one attached hydrogen (secondary N) is 1. The average Bonchev–Trinajstić information content (AvgIpc) is 3.00. The summed E-state index contributed by atoms with van der Waals surface area (Å²) in [4.78, 5) is 54.6. The number of anilines is 2. The molecule has 0 saturated carbocycles. The third-order valence-electron chi connectivity index (χ3n) is 6.42. The van der Waals surface area contributed by atoms with Gasteiger partial charge in [0.1, 0.15) is 5.69 Å². The lowest BCUT2D eigenvalue weighted by atomic mass is 10.1. The van der Waals surface area contributed by atoms with Crippen LogP contribution in [0.15, 0.2) is 41.3 Å². The lowest BCUT2D eigenvalue weighted by molar-refractivity contribution is -0.122. The van der Waals surface area contributed by atoms with Crippen LogP contribution in [-0.4, -0.2) is 46.8 Å². The number of amides is 3. The van der Waals surface area contributed by atoms with Gasteiger partial charge < -0.3 is 19.7 Å². The summed E-state index contributed by atoms with van der Waals surface area (Å²) in [6.07, 6.45) is 5.74. The number of benzene rings is 1. The number of likely N-dealkylation sites (tertiary alicyclic amines) is 1. The molecule has 33 heavy (non-hydrogen) atoms. The van der Waals surface area contributed by atoms with Gasteiger partial charge in [-0.1, -0.05) is 30.5 Å². The van der Waals surface area contributed by atoms with Gasteiger partial charge in [0.25, 0.3) is 11.5 Å². The van der Waals surface area contributed by atoms with E-state index < -0.39 is 17.4 Å². The monoisotopic (exact) mass is 450 g/mol. The topological polar surface area (TPSA) is 91.7 Å². The number of hydrogen-bond donors (Lipinski definition) is 1. The van der Waals surface area contributed by atoms with E-state index in [1.165, 1.54) is 16.8 Å². The fraction of sp³-hybridized carbons (Fsp3) is 0.440. The van der Waals surface area contributed by atoms with E-state index in [1.54, 1.807) is 11.9 Å². The second-order valence-electron chi connectivity index (χ2n) is 9.00. The van der Waals surface area contributed by atoms with Gasteiger partial charge in [-0.3, -0.25) is 19.2 Å². The first kappa shape index (κ1) is 22.8. The van der Waals surface area contributed by atoms with Crippen LogP contribution >= 0.6 is 0 Å². The van der Waals surface area contributed by atoms with Crippen LogP contribution in [0.1, 0.15) is 48.0 Å². The Labute approximate surface area is 193 Å². The first-order chi connectivity index (χ1) is 15.8. The molecule has 2 aliphatic rings. The molecule has 8 heteroatoms. The van der Waals surface area contributed by atoms with Crippen LogP contribution in [0.5, 0.6) is 0 Å². The van der Waals surface area contributed by atoms with Crippen LogP contribution in [0.25, 0.3) is 0 Å². The minimum Gasteiger partial charge on any atom is -0.339 e. The molecule has 1 N–H and O–H groups in total. The number of hydrogen-bond acceptors (Lipinski definition) is 4. The van der Waals surface area contributed by atoms with Crippen LogP contribution in [0, 0.1) is 12.8 Å². The molecule has 2 aliphatic heterocycles. The van der Waals surface area contributed by atoms with Gasteiger partial charge in [-0.25, -0.2) is 0 Å². The van der Waals surface area contributed by atoms with Crippen LogP contribution < -0.4 is 15.8 Å². The van der Waals surface area contributed by atoms with Gasteiger partial charge in [-0.2, -0.15) is 0 Å². The highest BCUT2D eigenvalue weighted by atomic mass is 16.2. The summed E-state index contributed by atoms with van der Waals surface area (Å²) < 4.78 is 1.32. The standard InChI is InChI=1S/C25H30N4O4/c1-17-7-9-20(10-8-17)29-16-18(14-22(29)30)23(31)26-21-13-19(15-27(2)25(21)33)24(32)28-11-5-3-4-6-12-28/h7-10,13,15,18H,3-6,11-12,14,16H2,1-2H3,(H,26,31). The lowest BCUT2D eigenvalue weighted by Gasteiger charge is -2.21. The highest BCUT2D eigenvalue weighted by molar-refractivity contribution is 6.04. The maximum atomic E-state index is 13.0. The Bertz CT molecular complexity index is 1110. The van der Waals surface area contributed by atoms with Crippen LogP contribution in [-0.2, 0) is 16.6 Å². The predicted octanol–water partition coefficient (Wildman–Crippen LogP) is 2.70. The maximum Gasteiger partial charge on any atom is 0.274 e. The molecule has 2 saturated heterocycles. The first-order valence-corrected chi connectivity index (χ1v) is 11.5. The lowest BCUT2D eigenvalue weighted by Crippen LogP contribution is -2.34. The van der Waals surface area contributed by atoms with Crippen molar-refractivity contribution in [2.45, 2.75) is 39.0 Å². The first-order valence-electron chi connectivity index (χ1n) is 11.5. The minimum absolute atomic E-state index is 0.0596. The number of carbonyl (C=O) groups is 3. The Morgan fingerprint density at radius 3 is 2.33 bits per heavy atom. The van der Waals surface area contributed by atoms with Crippen molar-refractivity contribution in [3.05, 3.63) is 58.0 Å². The Morgan fingerprint density at radius 2 is 1.67 bits per heavy atom. The summed E-state index contributed by atoms with van der Waals surface area (Å²) in [7, 11) is 1.56. The molecule has 174 valence electrons. The smallest absolute Gasteiger partial charge is 0.274 e. The molecule has 0 spiro atoms. The predicted molar refractivity (Wildman–Crippen MR) is 126 cm³/mol. The highest BCUT2D eigenvalue weighted by Crippen LogP contribution is 2.26. The van der Waals surface area contributed by atoms with Crippen molar-refractivity contribution in [3.63, 3.8) is 0 Å². The quantitative estimate of drug-likeness (QED) is 0.775. The molecule has 2 fully saturated rings. The van der Waals surface area contributed by atoms with E-state index in [-0.39, 0.29) is 30.5 Å². The normalized spacial score (nSPS) is 18.8. The Kier molecular flexibility index (Phi) is 6.62. The van der Waals surface area contributed by atoms with Gasteiger partial charge in [-0.05, 0) is 38.0 Å². The SMILES string of the molecule is Cc1ccc(N2CC(C(=O)Nc3cc(C(=O)N4CCCCCC4)cn(C)c3=O)CC2=O)cc1. The van der Waals surface area contributed by atoms with Crippen molar-refractivity contribution in [1.82, 2.24) is 9.47 Å². The number of aromatic nitrogens is 1. The number of rotatable bonds is 4. The van der Waals surface area contributed by atoms with Crippen molar-refractivity contribution < 1.29 is 14.4 Å². The number of aryl methyl sites for hydroxylation is 2. The highest BCUT2D eigenvalue weighted by Gasteiger charge is 2.35. The Balaban J connectivity index is 1.49. The van der Waals surface area contributed by atoms with E-state index in [9.17, 15) is 19.2 Å². The van der Waals surface area contributed by atoms with Gasteiger partial charge in [0.15, 0.2) is 0 Å². The van der Waals surface area contributed by atoms with Gasteiger partial charge in [0.2, 0.25) is 11.8 Å². The fourth-order valence-corrected chi connectivity index (χ4v) is 4.47. The second kappa shape index (κ2) is 9.60. The summed E-state index contributed by atoms with van der Waals surface area (Å²) in [5.41, 5.74) is 1.88. The molecule has 2 aromatic rings. The summed E-state index contributed by atoms with van der Waals surface area (Å²) in [5.74, 6) is -1.23. The van der Waals surface area contributed by atoms with Crippen molar-refractivity contribution in [1.29, 1.82) is 0 Å².